The highest BCUT2D eigenvalue weighted by Gasteiger charge is 2.42. The van der Waals surface area contributed by atoms with Crippen LogP contribution in [0.5, 0.6) is 0 Å². The summed E-state index contributed by atoms with van der Waals surface area (Å²) in [6.45, 7) is 1.81. The molecule has 1 heterocycles. The first kappa shape index (κ1) is 15.1. The fourth-order valence-corrected chi connectivity index (χ4v) is 3.99. The molecule has 1 aromatic rings. The van der Waals surface area contributed by atoms with Crippen LogP contribution in [0.4, 0.5) is 4.79 Å². The maximum atomic E-state index is 11.0. The lowest BCUT2D eigenvalue weighted by molar-refractivity contribution is 0.0376. The fourth-order valence-electron chi connectivity index (χ4n) is 3.40. The van der Waals surface area contributed by atoms with Gasteiger partial charge in [0.15, 0.2) is 0 Å². The van der Waals surface area contributed by atoms with Crippen molar-refractivity contribution in [3.63, 3.8) is 0 Å². The number of carbonyl (C=O) groups is 1. The molecule has 0 radical (unpaired) electrons. The van der Waals surface area contributed by atoms with Crippen LogP contribution in [0.3, 0.4) is 0 Å². The van der Waals surface area contributed by atoms with Gasteiger partial charge in [-0.05, 0) is 52.2 Å². The van der Waals surface area contributed by atoms with E-state index < -0.39 is 6.09 Å². The molecule has 1 saturated heterocycles. The minimum absolute atomic E-state index is 0.214. The number of amides is 1. The summed E-state index contributed by atoms with van der Waals surface area (Å²) in [6.07, 6.45) is 1.30. The lowest BCUT2D eigenvalue weighted by Gasteiger charge is -2.17. The highest BCUT2D eigenvalue weighted by atomic mass is 79.9. The second-order valence-electron chi connectivity index (χ2n) is 5.83. The van der Waals surface area contributed by atoms with E-state index in [2.05, 4.69) is 15.9 Å². The molecular weight excluding hydrogens is 358 g/mol. The van der Waals surface area contributed by atoms with E-state index in [4.69, 9.17) is 21.4 Å². The molecule has 1 aliphatic carbocycles. The van der Waals surface area contributed by atoms with E-state index in [0.717, 1.165) is 22.9 Å². The smallest absolute Gasteiger partial charge is 0.407 e. The zero-order valence-electron chi connectivity index (χ0n) is 11.5. The van der Waals surface area contributed by atoms with Crippen LogP contribution in [0.25, 0.3) is 0 Å². The van der Waals surface area contributed by atoms with Crippen molar-refractivity contribution < 1.29 is 14.6 Å². The summed E-state index contributed by atoms with van der Waals surface area (Å²) in [7, 11) is 0. The van der Waals surface area contributed by atoms with E-state index in [1.807, 2.05) is 18.2 Å². The van der Waals surface area contributed by atoms with Crippen LogP contribution in [0.2, 0.25) is 5.02 Å². The number of benzene rings is 1. The van der Waals surface area contributed by atoms with E-state index >= 15 is 0 Å². The van der Waals surface area contributed by atoms with Crippen LogP contribution in [-0.2, 0) is 11.3 Å². The fraction of sp³-hybridized carbons (Fsp3) is 0.533. The minimum atomic E-state index is -0.803. The monoisotopic (exact) mass is 373 g/mol. The highest BCUT2D eigenvalue weighted by Crippen LogP contribution is 2.40. The predicted molar refractivity (Wildman–Crippen MR) is 83.5 cm³/mol. The number of likely N-dealkylation sites (tertiary alicyclic amines) is 1. The Hall–Kier alpha value is -0.780. The van der Waals surface area contributed by atoms with Crippen LogP contribution < -0.4 is 0 Å². The van der Waals surface area contributed by atoms with E-state index in [-0.39, 0.29) is 6.10 Å². The second-order valence-corrected chi connectivity index (χ2v) is 7.06. The second kappa shape index (κ2) is 6.15. The average molecular weight is 375 g/mol. The van der Waals surface area contributed by atoms with Crippen LogP contribution >= 0.6 is 27.5 Å². The Morgan fingerprint density at radius 3 is 2.67 bits per heavy atom. The van der Waals surface area contributed by atoms with Crippen molar-refractivity contribution in [2.24, 2.45) is 11.8 Å². The molecule has 3 rings (SSSR count). The third kappa shape index (κ3) is 3.20. The summed E-state index contributed by atoms with van der Waals surface area (Å²) in [5.74, 6) is 0.896. The summed E-state index contributed by atoms with van der Waals surface area (Å²) < 4.78 is 6.87. The summed E-state index contributed by atoms with van der Waals surface area (Å²) in [6, 6.07) is 5.82. The Kier molecular flexibility index (Phi) is 4.43. The average Bonchev–Trinajstić information content (AvgIpc) is 2.98. The van der Waals surface area contributed by atoms with Gasteiger partial charge in [-0.1, -0.05) is 23.7 Å². The van der Waals surface area contributed by atoms with Crippen molar-refractivity contribution in [1.82, 2.24) is 4.90 Å². The molecular formula is C15H17BrClNO3. The Bertz CT molecular complexity index is 540. The van der Waals surface area contributed by atoms with Gasteiger partial charge in [0.05, 0.1) is 17.7 Å². The molecule has 4 nitrogen and oxygen atoms in total. The van der Waals surface area contributed by atoms with Gasteiger partial charge in [0, 0.05) is 17.6 Å². The van der Waals surface area contributed by atoms with Gasteiger partial charge in [0.2, 0.25) is 0 Å². The molecule has 1 amide bonds. The molecule has 1 saturated carbocycles. The molecule has 0 spiro atoms. The molecule has 21 heavy (non-hydrogen) atoms. The van der Waals surface area contributed by atoms with Gasteiger partial charge in [0.1, 0.15) is 0 Å². The molecule has 1 N–H and O–H groups in total. The van der Waals surface area contributed by atoms with E-state index in [1.54, 1.807) is 0 Å². The number of hydrogen-bond acceptors (Lipinski definition) is 2. The summed E-state index contributed by atoms with van der Waals surface area (Å²) in [5.41, 5.74) is 0.982. The van der Waals surface area contributed by atoms with Crippen LogP contribution in [0.15, 0.2) is 22.7 Å². The molecule has 1 unspecified atom stereocenters. The molecule has 1 aromatic carbocycles. The zero-order chi connectivity index (χ0) is 15.0. The van der Waals surface area contributed by atoms with Gasteiger partial charge in [-0.25, -0.2) is 4.79 Å². The van der Waals surface area contributed by atoms with Crippen molar-refractivity contribution in [2.75, 3.05) is 13.1 Å². The lowest BCUT2D eigenvalue weighted by atomic mass is 10.0. The van der Waals surface area contributed by atoms with Crippen molar-refractivity contribution in [2.45, 2.75) is 25.6 Å². The van der Waals surface area contributed by atoms with Crippen LogP contribution in [0, 0.1) is 11.8 Å². The Labute approximate surface area is 137 Å². The standard InChI is InChI=1S/C15H17BrClNO3/c16-13-3-1-2-9(14(13)17)8-21-12-4-10-6-18(15(19)20)7-11(10)5-12/h1-3,10-12H,4-8H2,(H,19,20)/t10-,11+,12?. The molecule has 0 aromatic heterocycles. The number of rotatable bonds is 3. The van der Waals surface area contributed by atoms with Crippen molar-refractivity contribution in [3.05, 3.63) is 33.3 Å². The zero-order valence-corrected chi connectivity index (χ0v) is 13.8. The highest BCUT2D eigenvalue weighted by molar-refractivity contribution is 9.10. The Morgan fingerprint density at radius 2 is 2.05 bits per heavy atom. The van der Waals surface area contributed by atoms with Crippen molar-refractivity contribution in [1.29, 1.82) is 0 Å². The maximum Gasteiger partial charge on any atom is 0.407 e. The van der Waals surface area contributed by atoms with Gasteiger partial charge in [-0.3, -0.25) is 0 Å². The molecule has 2 fully saturated rings. The first-order valence-electron chi connectivity index (χ1n) is 7.07. The minimum Gasteiger partial charge on any atom is -0.465 e. The third-order valence-corrected chi connectivity index (χ3v) is 5.82. The SMILES string of the molecule is O=C(O)N1C[C@H]2CC(OCc3cccc(Br)c3Cl)C[C@H]2C1. The molecule has 1 aliphatic heterocycles. The molecule has 114 valence electrons. The predicted octanol–water partition coefficient (Wildman–Crippen LogP) is 4.01. The van der Waals surface area contributed by atoms with Crippen LogP contribution in [-0.4, -0.2) is 35.3 Å². The molecule has 6 heteroatoms. The van der Waals surface area contributed by atoms with E-state index in [1.165, 1.54) is 4.90 Å². The number of hydrogen-bond donors (Lipinski definition) is 1. The number of fused-ring (bicyclic) bond motifs is 1. The maximum absolute atomic E-state index is 11.0. The molecule has 0 bridgehead atoms. The quantitative estimate of drug-likeness (QED) is 0.870. The van der Waals surface area contributed by atoms with Gasteiger partial charge in [-0.15, -0.1) is 0 Å². The first-order valence-corrected chi connectivity index (χ1v) is 8.24. The van der Waals surface area contributed by atoms with E-state index in [0.29, 0.717) is 36.6 Å². The summed E-state index contributed by atoms with van der Waals surface area (Å²) in [5, 5.41) is 9.72. The Morgan fingerprint density at radius 1 is 1.38 bits per heavy atom. The number of ether oxygens (including phenoxy) is 1. The largest absolute Gasteiger partial charge is 0.465 e. The topological polar surface area (TPSA) is 49.8 Å². The van der Waals surface area contributed by atoms with Gasteiger partial charge in [0.25, 0.3) is 0 Å². The van der Waals surface area contributed by atoms with Gasteiger partial charge >= 0.3 is 6.09 Å². The number of halogens is 2. The Balaban J connectivity index is 1.53. The molecule has 2 aliphatic rings. The number of nitrogens with zero attached hydrogens (tertiary/aromatic N) is 1. The van der Waals surface area contributed by atoms with Crippen LogP contribution in [0.1, 0.15) is 18.4 Å². The summed E-state index contributed by atoms with van der Waals surface area (Å²) >= 11 is 9.64. The normalized spacial score (nSPS) is 27.9. The molecule has 3 atom stereocenters. The first-order chi connectivity index (χ1) is 10.0. The van der Waals surface area contributed by atoms with E-state index in [9.17, 15) is 4.79 Å². The van der Waals surface area contributed by atoms with Crippen molar-refractivity contribution >= 4 is 33.6 Å². The van der Waals surface area contributed by atoms with Gasteiger partial charge < -0.3 is 14.7 Å². The third-order valence-electron chi connectivity index (χ3n) is 4.48. The van der Waals surface area contributed by atoms with Crippen molar-refractivity contribution in [3.8, 4) is 0 Å². The van der Waals surface area contributed by atoms with Gasteiger partial charge in [-0.2, -0.15) is 0 Å². The summed E-state index contributed by atoms with van der Waals surface area (Å²) in [4.78, 5) is 12.5. The number of carboxylic acid groups (broad SMARTS) is 1. The lowest BCUT2D eigenvalue weighted by Crippen LogP contribution is -2.28.